The van der Waals surface area contributed by atoms with Gasteiger partial charge in [-0.05, 0) is 11.6 Å². The van der Waals surface area contributed by atoms with Gasteiger partial charge in [-0.25, -0.2) is 5.84 Å². The Morgan fingerprint density at radius 2 is 2.11 bits per heavy atom. The molecule has 1 aromatic rings. The van der Waals surface area contributed by atoms with Gasteiger partial charge >= 0.3 is 0 Å². The summed E-state index contributed by atoms with van der Waals surface area (Å²) in [7, 11) is 0. The summed E-state index contributed by atoms with van der Waals surface area (Å²) in [5.41, 5.74) is 2.51. The third-order valence-electron chi connectivity index (χ3n) is 1.64. The molecule has 0 saturated carbocycles. The van der Waals surface area contributed by atoms with Crippen LogP contribution in [0.3, 0.4) is 0 Å². The molecular weight excluding hydrogens is 112 g/mol. The number of hydrazine groups is 1. The maximum absolute atomic E-state index is 5.52. The van der Waals surface area contributed by atoms with Crippen LogP contribution in [0.25, 0.3) is 0 Å². The zero-order valence-corrected chi connectivity index (χ0v) is 5.04. The highest BCUT2D eigenvalue weighted by Gasteiger charge is 2.16. The van der Waals surface area contributed by atoms with E-state index in [4.69, 9.17) is 5.84 Å². The first-order valence-corrected chi connectivity index (χ1v) is 2.98. The maximum Gasteiger partial charge on any atom is 0.0613 e. The minimum absolute atomic E-state index is 0.899. The van der Waals surface area contributed by atoms with Gasteiger partial charge in [0.1, 0.15) is 0 Å². The Labute approximate surface area is 53.9 Å². The molecule has 0 aliphatic carbocycles. The lowest BCUT2D eigenvalue weighted by Crippen LogP contribution is -2.38. The summed E-state index contributed by atoms with van der Waals surface area (Å²) in [6, 6.07) is 8.15. The van der Waals surface area contributed by atoms with E-state index < -0.39 is 0 Å². The molecule has 0 aromatic heterocycles. The van der Waals surface area contributed by atoms with E-state index in [1.54, 1.807) is 5.01 Å². The number of rotatable bonds is 0. The molecule has 9 heavy (non-hydrogen) atoms. The molecule has 0 amide bonds. The molecule has 2 N–H and O–H groups in total. The second-order valence-electron chi connectivity index (χ2n) is 2.26. The topological polar surface area (TPSA) is 29.3 Å². The molecule has 1 heterocycles. The van der Waals surface area contributed by atoms with Gasteiger partial charge in [0.15, 0.2) is 0 Å². The molecule has 2 heteroatoms. The fourth-order valence-electron chi connectivity index (χ4n) is 1.10. The number of fused-ring (bicyclic) bond motifs is 1. The van der Waals surface area contributed by atoms with Crippen molar-refractivity contribution in [2.75, 3.05) is 5.01 Å². The Hall–Kier alpha value is -1.02. The van der Waals surface area contributed by atoms with Crippen LogP contribution in [0.2, 0.25) is 0 Å². The molecule has 1 aliphatic rings. The van der Waals surface area contributed by atoms with Gasteiger partial charge in [-0.2, -0.15) is 0 Å². The summed E-state index contributed by atoms with van der Waals surface area (Å²) in [5.74, 6) is 5.52. The number of hydrogen-bond acceptors (Lipinski definition) is 2. The van der Waals surface area contributed by atoms with E-state index in [-0.39, 0.29) is 0 Å². The molecule has 0 atom stereocenters. The van der Waals surface area contributed by atoms with Crippen molar-refractivity contribution in [3.8, 4) is 0 Å². The van der Waals surface area contributed by atoms with E-state index in [0.29, 0.717) is 0 Å². The summed E-state index contributed by atoms with van der Waals surface area (Å²) in [5, 5.41) is 1.75. The third kappa shape index (κ3) is 0.535. The van der Waals surface area contributed by atoms with Crippen molar-refractivity contribution in [3.63, 3.8) is 0 Å². The lowest BCUT2D eigenvalue weighted by atomic mass is 10.1. The summed E-state index contributed by atoms with van der Waals surface area (Å²) in [4.78, 5) is 0. The van der Waals surface area contributed by atoms with Crippen LogP contribution in [0.15, 0.2) is 24.3 Å². The predicted octanol–water partition coefficient (Wildman–Crippen LogP) is 0.880. The number of anilines is 1. The molecule has 1 aliphatic heterocycles. The Balaban J connectivity index is 2.51. The number of nitrogens with zero attached hydrogens (tertiary/aromatic N) is 1. The molecule has 0 bridgehead atoms. The summed E-state index contributed by atoms with van der Waals surface area (Å²) >= 11 is 0. The van der Waals surface area contributed by atoms with E-state index >= 15 is 0 Å². The Bertz CT molecular complexity index is 232. The second kappa shape index (κ2) is 1.48. The molecule has 2 rings (SSSR count). The van der Waals surface area contributed by atoms with Crippen molar-refractivity contribution < 1.29 is 0 Å². The van der Waals surface area contributed by atoms with Crippen LogP contribution in [-0.2, 0) is 6.54 Å². The maximum atomic E-state index is 5.52. The lowest BCUT2D eigenvalue weighted by Gasteiger charge is -2.30. The quantitative estimate of drug-likeness (QED) is 0.515. The number of benzene rings is 1. The van der Waals surface area contributed by atoms with Gasteiger partial charge in [0.25, 0.3) is 0 Å². The van der Waals surface area contributed by atoms with Crippen molar-refractivity contribution in [2.45, 2.75) is 6.54 Å². The summed E-state index contributed by atoms with van der Waals surface area (Å²) < 4.78 is 0. The smallest absolute Gasteiger partial charge is 0.0613 e. The van der Waals surface area contributed by atoms with Gasteiger partial charge in [-0.3, -0.25) is 0 Å². The van der Waals surface area contributed by atoms with Crippen LogP contribution in [-0.4, -0.2) is 0 Å². The Morgan fingerprint density at radius 1 is 1.33 bits per heavy atom. The van der Waals surface area contributed by atoms with Crippen molar-refractivity contribution >= 4 is 5.69 Å². The van der Waals surface area contributed by atoms with Crippen molar-refractivity contribution in [1.82, 2.24) is 0 Å². The minimum atomic E-state index is 0.899. The lowest BCUT2D eigenvalue weighted by molar-refractivity contribution is 0.776. The Morgan fingerprint density at radius 3 is 2.67 bits per heavy atom. The summed E-state index contributed by atoms with van der Waals surface area (Å²) in [6.07, 6.45) is 0. The van der Waals surface area contributed by atoms with Crippen LogP contribution >= 0.6 is 0 Å². The Kier molecular flexibility index (Phi) is 0.794. The zero-order valence-electron chi connectivity index (χ0n) is 5.04. The monoisotopic (exact) mass is 120 g/mol. The summed E-state index contributed by atoms with van der Waals surface area (Å²) in [6.45, 7) is 0.899. The van der Waals surface area contributed by atoms with Gasteiger partial charge in [-0.1, -0.05) is 18.2 Å². The minimum Gasteiger partial charge on any atom is -0.306 e. The fraction of sp³-hybridized carbons (Fsp3) is 0.143. The van der Waals surface area contributed by atoms with Gasteiger partial charge in [-0.15, -0.1) is 0 Å². The van der Waals surface area contributed by atoms with E-state index in [1.165, 1.54) is 5.56 Å². The van der Waals surface area contributed by atoms with Crippen LogP contribution < -0.4 is 10.9 Å². The highest BCUT2D eigenvalue weighted by atomic mass is 15.4. The first-order chi connectivity index (χ1) is 4.38. The fourth-order valence-corrected chi connectivity index (χ4v) is 1.10. The first kappa shape index (κ1) is 4.82. The van der Waals surface area contributed by atoms with Crippen LogP contribution in [0.5, 0.6) is 0 Å². The average molecular weight is 120 g/mol. The molecule has 0 saturated heterocycles. The van der Waals surface area contributed by atoms with Crippen molar-refractivity contribution in [1.29, 1.82) is 0 Å². The van der Waals surface area contributed by atoms with Crippen molar-refractivity contribution in [2.24, 2.45) is 5.84 Å². The molecule has 0 radical (unpaired) electrons. The largest absolute Gasteiger partial charge is 0.306 e. The molecule has 0 fully saturated rings. The van der Waals surface area contributed by atoms with E-state index in [2.05, 4.69) is 6.07 Å². The SMILES string of the molecule is NN1Cc2ccccc21. The second-order valence-corrected chi connectivity index (χ2v) is 2.26. The van der Waals surface area contributed by atoms with Crippen molar-refractivity contribution in [3.05, 3.63) is 29.8 Å². The molecule has 2 nitrogen and oxygen atoms in total. The van der Waals surface area contributed by atoms with E-state index in [9.17, 15) is 0 Å². The molecule has 46 valence electrons. The van der Waals surface area contributed by atoms with Gasteiger partial charge in [0, 0.05) is 0 Å². The van der Waals surface area contributed by atoms with Gasteiger partial charge < -0.3 is 5.01 Å². The highest BCUT2D eigenvalue weighted by molar-refractivity contribution is 5.60. The zero-order chi connectivity index (χ0) is 6.27. The number of para-hydroxylation sites is 1. The van der Waals surface area contributed by atoms with E-state index in [1.807, 2.05) is 18.2 Å². The normalized spacial score (nSPS) is 14.6. The van der Waals surface area contributed by atoms with Gasteiger partial charge in [0.2, 0.25) is 0 Å². The molecular formula is C7H8N2. The van der Waals surface area contributed by atoms with Crippen LogP contribution in [0.4, 0.5) is 5.69 Å². The number of hydrogen-bond donors (Lipinski definition) is 1. The molecule has 0 unspecified atom stereocenters. The molecule has 0 spiro atoms. The average Bonchev–Trinajstić information content (AvgIpc) is 1.86. The standard InChI is InChI=1S/C7H8N2/c8-9-5-6-3-1-2-4-7(6)9/h1-4H,5,8H2. The molecule has 1 aromatic carbocycles. The highest BCUT2D eigenvalue weighted by Crippen LogP contribution is 2.28. The number of nitrogens with two attached hydrogens (primary N) is 1. The van der Waals surface area contributed by atoms with Crippen LogP contribution in [0, 0.1) is 0 Å². The van der Waals surface area contributed by atoms with E-state index in [0.717, 1.165) is 12.2 Å². The van der Waals surface area contributed by atoms with Gasteiger partial charge in [0.05, 0.1) is 12.2 Å². The first-order valence-electron chi connectivity index (χ1n) is 2.98. The third-order valence-corrected chi connectivity index (χ3v) is 1.64. The van der Waals surface area contributed by atoms with Crippen LogP contribution in [0.1, 0.15) is 5.56 Å². The predicted molar refractivity (Wildman–Crippen MR) is 36.8 cm³/mol.